The molecule has 0 radical (unpaired) electrons. The number of aryl methyl sites for hydroxylation is 1. The van der Waals surface area contributed by atoms with E-state index in [1.54, 1.807) is 0 Å². The summed E-state index contributed by atoms with van der Waals surface area (Å²) < 4.78 is 5.59. The van der Waals surface area contributed by atoms with Gasteiger partial charge in [-0.3, -0.25) is 4.79 Å². The van der Waals surface area contributed by atoms with Gasteiger partial charge in [0.2, 0.25) is 17.7 Å². The Balaban J connectivity index is 1.51. The highest BCUT2D eigenvalue weighted by Gasteiger charge is 2.17. The molecule has 110 valence electrons. The van der Waals surface area contributed by atoms with Crippen molar-refractivity contribution in [2.24, 2.45) is 0 Å². The predicted molar refractivity (Wildman–Crippen MR) is 78.5 cm³/mol. The minimum Gasteiger partial charge on any atom is -0.421 e. The molecule has 5 nitrogen and oxygen atoms in total. The molecule has 1 aromatic heterocycles. The molecule has 1 aliphatic rings. The van der Waals surface area contributed by atoms with Gasteiger partial charge in [0, 0.05) is 24.4 Å². The first-order valence-electron chi connectivity index (χ1n) is 7.48. The topological polar surface area (TPSA) is 68.0 Å². The second-order valence-corrected chi connectivity index (χ2v) is 5.42. The molecule has 1 saturated carbocycles. The zero-order chi connectivity index (χ0) is 14.5. The summed E-state index contributed by atoms with van der Waals surface area (Å²) in [5.41, 5.74) is 0.895. The lowest BCUT2D eigenvalue weighted by atomic mass is 10.2. The minimum absolute atomic E-state index is 0.0707. The third-order valence-electron chi connectivity index (χ3n) is 3.77. The molecule has 1 amide bonds. The maximum absolute atomic E-state index is 11.8. The van der Waals surface area contributed by atoms with Crippen molar-refractivity contribution in [3.63, 3.8) is 0 Å². The molecule has 0 spiro atoms. The van der Waals surface area contributed by atoms with Gasteiger partial charge in [0.15, 0.2) is 0 Å². The molecule has 1 heterocycles. The smallest absolute Gasteiger partial charge is 0.247 e. The SMILES string of the molecule is O=C(CCc1nnc(-c2ccccc2)o1)NC1CCCC1. The third kappa shape index (κ3) is 3.68. The maximum Gasteiger partial charge on any atom is 0.247 e. The Labute approximate surface area is 123 Å². The monoisotopic (exact) mass is 285 g/mol. The number of carbonyl (C=O) groups is 1. The van der Waals surface area contributed by atoms with E-state index in [-0.39, 0.29) is 5.91 Å². The molecule has 5 heteroatoms. The van der Waals surface area contributed by atoms with E-state index in [0.717, 1.165) is 18.4 Å². The second kappa shape index (κ2) is 6.52. The van der Waals surface area contributed by atoms with Crippen LogP contribution in [0.15, 0.2) is 34.7 Å². The Hall–Kier alpha value is -2.17. The second-order valence-electron chi connectivity index (χ2n) is 5.42. The minimum atomic E-state index is 0.0707. The molecule has 1 N–H and O–H groups in total. The van der Waals surface area contributed by atoms with Crippen LogP contribution in [0, 0.1) is 0 Å². The lowest BCUT2D eigenvalue weighted by Crippen LogP contribution is -2.32. The van der Waals surface area contributed by atoms with Gasteiger partial charge < -0.3 is 9.73 Å². The van der Waals surface area contributed by atoms with Crippen molar-refractivity contribution in [3.05, 3.63) is 36.2 Å². The Kier molecular flexibility index (Phi) is 4.28. The predicted octanol–water partition coefficient (Wildman–Crippen LogP) is 2.73. The van der Waals surface area contributed by atoms with Gasteiger partial charge in [-0.1, -0.05) is 31.0 Å². The van der Waals surface area contributed by atoms with Crippen LogP contribution in [0.1, 0.15) is 38.0 Å². The van der Waals surface area contributed by atoms with Crippen LogP contribution in [0.3, 0.4) is 0 Å². The fraction of sp³-hybridized carbons (Fsp3) is 0.438. The summed E-state index contributed by atoms with van der Waals surface area (Å²) in [6, 6.07) is 9.99. The average molecular weight is 285 g/mol. The third-order valence-corrected chi connectivity index (χ3v) is 3.77. The van der Waals surface area contributed by atoms with Crippen molar-refractivity contribution >= 4 is 5.91 Å². The zero-order valence-electron chi connectivity index (χ0n) is 11.9. The molecule has 1 fully saturated rings. The van der Waals surface area contributed by atoms with E-state index in [1.165, 1.54) is 12.8 Å². The first-order valence-corrected chi connectivity index (χ1v) is 7.48. The number of nitrogens with one attached hydrogen (secondary N) is 1. The van der Waals surface area contributed by atoms with Gasteiger partial charge in [0.05, 0.1) is 0 Å². The van der Waals surface area contributed by atoms with E-state index in [0.29, 0.717) is 30.7 Å². The number of aromatic nitrogens is 2. The summed E-state index contributed by atoms with van der Waals surface area (Å²) in [5.74, 6) is 1.08. The Morgan fingerprint density at radius 3 is 2.71 bits per heavy atom. The maximum atomic E-state index is 11.8. The number of nitrogens with zero attached hydrogens (tertiary/aromatic N) is 2. The normalized spacial score (nSPS) is 15.2. The highest BCUT2D eigenvalue weighted by atomic mass is 16.4. The van der Waals surface area contributed by atoms with Crippen LogP contribution >= 0.6 is 0 Å². The summed E-state index contributed by atoms with van der Waals surface area (Å²) in [6.07, 6.45) is 5.52. The van der Waals surface area contributed by atoms with Gasteiger partial charge in [-0.2, -0.15) is 0 Å². The highest BCUT2D eigenvalue weighted by molar-refractivity contribution is 5.76. The van der Waals surface area contributed by atoms with Gasteiger partial charge in [0.1, 0.15) is 0 Å². The lowest BCUT2D eigenvalue weighted by Gasteiger charge is -2.10. The van der Waals surface area contributed by atoms with Gasteiger partial charge in [-0.05, 0) is 25.0 Å². The molecule has 0 atom stereocenters. The largest absolute Gasteiger partial charge is 0.421 e. The molecule has 0 bridgehead atoms. The first kappa shape index (κ1) is 13.8. The number of hydrogen-bond donors (Lipinski definition) is 1. The van der Waals surface area contributed by atoms with Crippen molar-refractivity contribution in [1.82, 2.24) is 15.5 Å². The molecular weight excluding hydrogens is 266 g/mol. The van der Waals surface area contributed by atoms with E-state index in [1.807, 2.05) is 30.3 Å². The van der Waals surface area contributed by atoms with E-state index in [9.17, 15) is 4.79 Å². The Morgan fingerprint density at radius 2 is 1.95 bits per heavy atom. The number of amides is 1. The molecule has 1 aromatic carbocycles. The standard InChI is InChI=1S/C16H19N3O2/c20-14(17-13-8-4-5-9-13)10-11-15-18-19-16(21-15)12-6-2-1-3-7-12/h1-3,6-7,13H,4-5,8-11H2,(H,17,20). The van der Waals surface area contributed by atoms with Crippen molar-refractivity contribution in [1.29, 1.82) is 0 Å². The van der Waals surface area contributed by atoms with Gasteiger partial charge in [0.25, 0.3) is 0 Å². The van der Waals surface area contributed by atoms with Gasteiger partial charge >= 0.3 is 0 Å². The average Bonchev–Trinajstić information content (AvgIpc) is 3.17. The van der Waals surface area contributed by atoms with Crippen molar-refractivity contribution < 1.29 is 9.21 Å². The van der Waals surface area contributed by atoms with E-state index < -0.39 is 0 Å². The van der Waals surface area contributed by atoms with Crippen LogP contribution in [-0.2, 0) is 11.2 Å². The van der Waals surface area contributed by atoms with Crippen LogP contribution in [0.4, 0.5) is 0 Å². The van der Waals surface area contributed by atoms with Gasteiger partial charge in [-0.25, -0.2) is 0 Å². The van der Waals surface area contributed by atoms with E-state index in [4.69, 9.17) is 4.42 Å². The summed E-state index contributed by atoms with van der Waals surface area (Å²) in [6.45, 7) is 0. The number of carbonyl (C=O) groups excluding carboxylic acids is 1. The first-order chi connectivity index (χ1) is 10.3. The number of hydrogen-bond acceptors (Lipinski definition) is 4. The molecule has 0 saturated heterocycles. The van der Waals surface area contributed by atoms with Crippen LogP contribution < -0.4 is 5.32 Å². The highest BCUT2D eigenvalue weighted by Crippen LogP contribution is 2.19. The quantitative estimate of drug-likeness (QED) is 0.917. The van der Waals surface area contributed by atoms with Crippen LogP contribution in [0.2, 0.25) is 0 Å². The van der Waals surface area contributed by atoms with Crippen LogP contribution in [0.5, 0.6) is 0 Å². The molecule has 21 heavy (non-hydrogen) atoms. The summed E-state index contributed by atoms with van der Waals surface area (Å²) in [5, 5.41) is 11.1. The van der Waals surface area contributed by atoms with Gasteiger partial charge in [-0.15, -0.1) is 10.2 Å². The van der Waals surface area contributed by atoms with Crippen molar-refractivity contribution in [2.45, 2.75) is 44.6 Å². The van der Waals surface area contributed by atoms with Crippen molar-refractivity contribution in [2.75, 3.05) is 0 Å². The van der Waals surface area contributed by atoms with E-state index in [2.05, 4.69) is 15.5 Å². The summed E-state index contributed by atoms with van der Waals surface area (Å²) in [4.78, 5) is 11.8. The fourth-order valence-corrected chi connectivity index (χ4v) is 2.64. The van der Waals surface area contributed by atoms with Crippen LogP contribution in [-0.4, -0.2) is 22.1 Å². The fourth-order valence-electron chi connectivity index (χ4n) is 2.64. The Bertz CT molecular complexity index is 589. The van der Waals surface area contributed by atoms with E-state index >= 15 is 0 Å². The molecular formula is C16H19N3O2. The number of rotatable bonds is 5. The Morgan fingerprint density at radius 1 is 1.19 bits per heavy atom. The van der Waals surface area contributed by atoms with Crippen molar-refractivity contribution in [3.8, 4) is 11.5 Å². The number of benzene rings is 1. The molecule has 0 unspecified atom stereocenters. The molecule has 1 aliphatic carbocycles. The zero-order valence-corrected chi connectivity index (χ0v) is 11.9. The summed E-state index contributed by atoms with van der Waals surface area (Å²) in [7, 11) is 0. The molecule has 3 rings (SSSR count). The molecule has 0 aliphatic heterocycles. The molecule has 2 aromatic rings. The lowest BCUT2D eigenvalue weighted by molar-refractivity contribution is -0.121. The summed E-state index contributed by atoms with van der Waals surface area (Å²) >= 11 is 0. The van der Waals surface area contributed by atoms with Crippen LogP contribution in [0.25, 0.3) is 11.5 Å².